The van der Waals surface area contributed by atoms with Crippen LogP contribution < -0.4 is 11.5 Å². The largest absolute Gasteiger partial charge is 0.381 e. The molecule has 0 aliphatic rings. The van der Waals surface area contributed by atoms with Crippen molar-refractivity contribution in [1.82, 2.24) is 0 Å². The van der Waals surface area contributed by atoms with Gasteiger partial charge in [-0.15, -0.1) is 0 Å². The first-order valence-corrected chi connectivity index (χ1v) is 4.06. The topological polar surface area (TPSA) is 78.3 Å². The highest BCUT2D eigenvalue weighted by Gasteiger charge is 2.19. The average molecular weight is 174 g/mol. The van der Waals surface area contributed by atoms with Gasteiger partial charge in [0.2, 0.25) is 5.91 Å². The maximum atomic E-state index is 10.6. The summed E-state index contributed by atoms with van der Waals surface area (Å²) in [5, 5.41) is 0. The Labute approximate surface area is 73.2 Å². The summed E-state index contributed by atoms with van der Waals surface area (Å²) in [6.07, 6.45) is 0.497. The monoisotopic (exact) mass is 174 g/mol. The number of methoxy groups -OCH3 is 1. The van der Waals surface area contributed by atoms with Crippen molar-refractivity contribution >= 4 is 5.91 Å². The van der Waals surface area contributed by atoms with Gasteiger partial charge in [0.05, 0.1) is 12.1 Å². The van der Waals surface area contributed by atoms with Crippen LogP contribution in [0, 0.1) is 5.92 Å². The van der Waals surface area contributed by atoms with E-state index in [4.69, 9.17) is 16.2 Å². The lowest BCUT2D eigenvalue weighted by Gasteiger charge is -2.21. The van der Waals surface area contributed by atoms with Gasteiger partial charge in [0.1, 0.15) is 0 Å². The van der Waals surface area contributed by atoms with Crippen molar-refractivity contribution in [2.75, 3.05) is 7.11 Å². The molecule has 0 aromatic heterocycles. The molecular formula is C8H18N2O2. The molecule has 1 amide bonds. The normalized spacial score (nSPS) is 16.1. The highest BCUT2D eigenvalue weighted by Crippen LogP contribution is 2.10. The first-order valence-electron chi connectivity index (χ1n) is 4.06. The van der Waals surface area contributed by atoms with Gasteiger partial charge in [0.15, 0.2) is 0 Å². The zero-order valence-corrected chi connectivity index (χ0v) is 7.91. The van der Waals surface area contributed by atoms with Gasteiger partial charge in [-0.25, -0.2) is 0 Å². The van der Waals surface area contributed by atoms with Crippen LogP contribution in [0.5, 0.6) is 0 Å². The molecule has 4 heteroatoms. The molecule has 0 aliphatic heterocycles. The average Bonchev–Trinajstić information content (AvgIpc) is 1.98. The van der Waals surface area contributed by atoms with Crippen molar-refractivity contribution in [2.24, 2.45) is 17.4 Å². The van der Waals surface area contributed by atoms with E-state index in [-0.39, 0.29) is 6.10 Å². The molecule has 0 aromatic rings. The van der Waals surface area contributed by atoms with Crippen LogP contribution in [0.1, 0.15) is 20.3 Å². The summed E-state index contributed by atoms with van der Waals surface area (Å²) in [4.78, 5) is 10.6. The molecule has 72 valence electrons. The Morgan fingerprint density at radius 1 is 1.50 bits per heavy atom. The van der Waals surface area contributed by atoms with E-state index in [1.807, 2.05) is 13.8 Å². The first-order chi connectivity index (χ1) is 5.49. The number of amides is 1. The Morgan fingerprint density at radius 2 is 2.00 bits per heavy atom. The number of carbonyl (C=O) groups is 1. The highest BCUT2D eigenvalue weighted by molar-refractivity contribution is 5.79. The van der Waals surface area contributed by atoms with Crippen LogP contribution in [0.4, 0.5) is 0 Å². The summed E-state index contributed by atoms with van der Waals surface area (Å²) in [5.41, 5.74) is 10.5. The molecule has 4 nitrogen and oxygen atoms in total. The molecule has 2 atom stereocenters. The molecule has 2 unspecified atom stereocenters. The Bertz CT molecular complexity index is 148. The predicted octanol–water partition coefficient (Wildman–Crippen LogP) is -0.140. The number of carbonyl (C=O) groups excluding carboxylic acids is 1. The number of ether oxygens (including phenoxy) is 1. The third-order valence-corrected chi connectivity index (χ3v) is 1.90. The van der Waals surface area contributed by atoms with Gasteiger partial charge in [0, 0.05) is 7.11 Å². The van der Waals surface area contributed by atoms with Crippen LogP contribution in [-0.2, 0) is 9.53 Å². The van der Waals surface area contributed by atoms with Crippen LogP contribution in [-0.4, -0.2) is 25.2 Å². The minimum absolute atomic E-state index is 0.00694. The van der Waals surface area contributed by atoms with Gasteiger partial charge < -0.3 is 16.2 Å². The third-order valence-electron chi connectivity index (χ3n) is 1.90. The van der Waals surface area contributed by atoms with E-state index >= 15 is 0 Å². The highest BCUT2D eigenvalue weighted by atomic mass is 16.5. The van der Waals surface area contributed by atoms with E-state index in [1.54, 1.807) is 7.11 Å². The quantitative estimate of drug-likeness (QED) is 0.609. The van der Waals surface area contributed by atoms with E-state index in [1.165, 1.54) is 0 Å². The number of hydrogen-bond acceptors (Lipinski definition) is 3. The van der Waals surface area contributed by atoms with Crippen molar-refractivity contribution in [3.05, 3.63) is 0 Å². The van der Waals surface area contributed by atoms with E-state index in [9.17, 15) is 4.79 Å². The standard InChI is InChI=1S/C8H18N2O2/c1-5(2)7(12-3)4-6(9)8(10)11/h5-7H,4,9H2,1-3H3,(H2,10,11). The van der Waals surface area contributed by atoms with E-state index in [2.05, 4.69) is 0 Å². The Balaban J connectivity index is 3.93. The lowest BCUT2D eigenvalue weighted by molar-refractivity contribution is -0.120. The summed E-state index contributed by atoms with van der Waals surface area (Å²) < 4.78 is 5.14. The molecule has 12 heavy (non-hydrogen) atoms. The Hall–Kier alpha value is -0.610. The van der Waals surface area contributed by atoms with Crippen molar-refractivity contribution < 1.29 is 9.53 Å². The van der Waals surface area contributed by atoms with Gasteiger partial charge in [-0.1, -0.05) is 13.8 Å². The molecule has 0 saturated carbocycles. The van der Waals surface area contributed by atoms with Gasteiger partial charge in [-0.05, 0) is 12.3 Å². The van der Waals surface area contributed by atoms with Crippen LogP contribution in [0.25, 0.3) is 0 Å². The summed E-state index contributed by atoms with van der Waals surface area (Å²) in [5.74, 6) is -0.127. The molecule has 0 aromatic carbocycles. The maximum absolute atomic E-state index is 10.6. The minimum Gasteiger partial charge on any atom is -0.381 e. The molecule has 0 saturated heterocycles. The molecule has 0 heterocycles. The molecule has 0 spiro atoms. The SMILES string of the molecule is COC(CC(N)C(N)=O)C(C)C. The smallest absolute Gasteiger partial charge is 0.234 e. The van der Waals surface area contributed by atoms with E-state index in [0.717, 1.165) is 0 Å². The zero-order valence-electron chi connectivity index (χ0n) is 7.91. The summed E-state index contributed by atoms with van der Waals surface area (Å²) in [6.45, 7) is 4.03. The second-order valence-corrected chi connectivity index (χ2v) is 3.26. The van der Waals surface area contributed by atoms with Crippen LogP contribution in [0.3, 0.4) is 0 Å². The van der Waals surface area contributed by atoms with Gasteiger partial charge >= 0.3 is 0 Å². The fourth-order valence-corrected chi connectivity index (χ4v) is 1.01. The number of primary amides is 1. The van der Waals surface area contributed by atoms with E-state index in [0.29, 0.717) is 12.3 Å². The molecular weight excluding hydrogens is 156 g/mol. The second kappa shape index (κ2) is 5.11. The number of rotatable bonds is 5. The fraction of sp³-hybridized carbons (Fsp3) is 0.875. The summed E-state index contributed by atoms with van der Waals surface area (Å²) in [7, 11) is 1.61. The Morgan fingerprint density at radius 3 is 2.25 bits per heavy atom. The van der Waals surface area contributed by atoms with Crippen LogP contribution >= 0.6 is 0 Å². The van der Waals surface area contributed by atoms with Gasteiger partial charge in [0.25, 0.3) is 0 Å². The minimum atomic E-state index is -0.600. The number of nitrogens with two attached hydrogens (primary N) is 2. The van der Waals surface area contributed by atoms with Crippen molar-refractivity contribution in [2.45, 2.75) is 32.4 Å². The third kappa shape index (κ3) is 3.69. The molecule has 0 aliphatic carbocycles. The van der Waals surface area contributed by atoms with Crippen molar-refractivity contribution in [3.8, 4) is 0 Å². The van der Waals surface area contributed by atoms with Crippen LogP contribution in [0.15, 0.2) is 0 Å². The summed E-state index contributed by atoms with van der Waals surface area (Å²) in [6, 6.07) is -0.600. The lowest BCUT2D eigenvalue weighted by atomic mass is 10.00. The first kappa shape index (κ1) is 11.4. The second-order valence-electron chi connectivity index (χ2n) is 3.26. The van der Waals surface area contributed by atoms with Gasteiger partial charge in [-0.2, -0.15) is 0 Å². The van der Waals surface area contributed by atoms with Crippen LogP contribution in [0.2, 0.25) is 0 Å². The van der Waals surface area contributed by atoms with Crippen molar-refractivity contribution in [1.29, 1.82) is 0 Å². The van der Waals surface area contributed by atoms with Crippen molar-refractivity contribution in [3.63, 3.8) is 0 Å². The van der Waals surface area contributed by atoms with Gasteiger partial charge in [-0.3, -0.25) is 4.79 Å². The zero-order chi connectivity index (χ0) is 9.72. The number of hydrogen-bond donors (Lipinski definition) is 2. The van der Waals surface area contributed by atoms with E-state index < -0.39 is 11.9 Å². The maximum Gasteiger partial charge on any atom is 0.234 e. The predicted molar refractivity (Wildman–Crippen MR) is 47.4 cm³/mol. The summed E-state index contributed by atoms with van der Waals surface area (Å²) >= 11 is 0. The molecule has 4 N–H and O–H groups in total. The fourth-order valence-electron chi connectivity index (χ4n) is 1.01. The molecule has 0 bridgehead atoms. The Kier molecular flexibility index (Phi) is 4.85. The lowest BCUT2D eigenvalue weighted by Crippen LogP contribution is -2.40. The molecule has 0 radical (unpaired) electrons. The molecule has 0 rings (SSSR count). The molecule has 0 fully saturated rings.